The monoisotopic (exact) mass is 305 g/mol. The van der Waals surface area contributed by atoms with E-state index in [4.69, 9.17) is 18.0 Å². The fraction of sp³-hybridized carbons (Fsp3) is 0.438. The molecule has 5 heteroatoms. The molecule has 112 valence electrons. The molecule has 0 bridgehead atoms. The lowest BCUT2D eigenvalue weighted by Crippen LogP contribution is -2.27. The summed E-state index contributed by atoms with van der Waals surface area (Å²) in [5.74, 6) is 2.61. The van der Waals surface area contributed by atoms with Crippen molar-refractivity contribution in [2.24, 2.45) is 0 Å². The molecular weight excluding hydrogens is 286 g/mol. The van der Waals surface area contributed by atoms with Crippen LogP contribution in [0.1, 0.15) is 31.9 Å². The van der Waals surface area contributed by atoms with Crippen molar-refractivity contribution < 1.29 is 4.79 Å². The first-order valence-corrected chi connectivity index (χ1v) is 7.56. The summed E-state index contributed by atoms with van der Waals surface area (Å²) in [6.07, 6.45) is 6.40. The lowest BCUT2D eigenvalue weighted by molar-refractivity contribution is -0.117. The van der Waals surface area contributed by atoms with Crippen molar-refractivity contribution in [1.29, 1.82) is 0 Å². The van der Waals surface area contributed by atoms with Gasteiger partial charge in [-0.15, -0.1) is 6.42 Å². The molecule has 1 atom stereocenters. The Morgan fingerprint density at radius 1 is 1.48 bits per heavy atom. The van der Waals surface area contributed by atoms with E-state index in [0.717, 1.165) is 36.4 Å². The maximum absolute atomic E-state index is 12.0. The van der Waals surface area contributed by atoms with Crippen molar-refractivity contribution in [2.75, 3.05) is 29.9 Å². The van der Waals surface area contributed by atoms with Gasteiger partial charge in [0, 0.05) is 17.8 Å². The maximum Gasteiger partial charge on any atom is 0.246 e. The number of likely N-dealkylation sites (N-methyl/N-ethyl adjacent to an activating group) is 1. The van der Waals surface area contributed by atoms with Gasteiger partial charge in [-0.05, 0) is 25.1 Å². The van der Waals surface area contributed by atoms with Crippen molar-refractivity contribution in [3.63, 3.8) is 0 Å². The van der Waals surface area contributed by atoms with Crippen LogP contribution >= 0.6 is 11.6 Å². The third-order valence-corrected chi connectivity index (χ3v) is 3.78. The number of halogens is 1. The van der Waals surface area contributed by atoms with Crippen molar-refractivity contribution in [3.05, 3.63) is 22.7 Å². The van der Waals surface area contributed by atoms with E-state index in [-0.39, 0.29) is 11.9 Å². The van der Waals surface area contributed by atoms with Crippen LogP contribution in [0.3, 0.4) is 0 Å². The van der Waals surface area contributed by atoms with Gasteiger partial charge >= 0.3 is 0 Å². The molecule has 1 unspecified atom stereocenters. The Hall–Kier alpha value is -1.70. The fourth-order valence-electron chi connectivity index (χ4n) is 2.58. The Kier molecular flexibility index (Phi) is 5.11. The van der Waals surface area contributed by atoms with Crippen LogP contribution in [0.5, 0.6) is 0 Å². The molecule has 4 nitrogen and oxygen atoms in total. The number of amides is 1. The minimum absolute atomic E-state index is 0.0425. The van der Waals surface area contributed by atoms with E-state index in [1.807, 2.05) is 19.1 Å². The van der Waals surface area contributed by atoms with Crippen molar-refractivity contribution in [3.8, 4) is 12.3 Å². The van der Waals surface area contributed by atoms with Gasteiger partial charge in [-0.2, -0.15) is 0 Å². The van der Waals surface area contributed by atoms with Crippen LogP contribution in [0.4, 0.5) is 11.4 Å². The van der Waals surface area contributed by atoms with Gasteiger partial charge in [0.1, 0.15) is 6.04 Å². The number of fused-ring (bicyclic) bond motifs is 1. The van der Waals surface area contributed by atoms with E-state index < -0.39 is 0 Å². The number of carbonyl (C=O) groups excluding carboxylic acids is 1. The van der Waals surface area contributed by atoms with Gasteiger partial charge in [-0.1, -0.05) is 31.4 Å². The summed E-state index contributed by atoms with van der Waals surface area (Å²) in [6, 6.07) is 3.44. The van der Waals surface area contributed by atoms with E-state index >= 15 is 0 Å². The van der Waals surface area contributed by atoms with Crippen LogP contribution in [0.25, 0.3) is 0 Å². The molecule has 0 spiro atoms. The molecular formula is C16H20ClN3O. The van der Waals surface area contributed by atoms with Crippen LogP contribution < -0.4 is 15.5 Å². The topological polar surface area (TPSA) is 44.4 Å². The highest BCUT2D eigenvalue weighted by Gasteiger charge is 2.31. The molecule has 1 amide bonds. The summed E-state index contributed by atoms with van der Waals surface area (Å²) in [4.78, 5) is 14.1. The molecule has 0 saturated heterocycles. The van der Waals surface area contributed by atoms with Crippen molar-refractivity contribution >= 4 is 28.9 Å². The third kappa shape index (κ3) is 3.15. The highest BCUT2D eigenvalue weighted by Crippen LogP contribution is 2.38. The largest absolute Gasteiger partial charge is 0.359 e. The van der Waals surface area contributed by atoms with Crippen molar-refractivity contribution in [1.82, 2.24) is 5.32 Å². The first kappa shape index (κ1) is 15.7. The van der Waals surface area contributed by atoms with Crippen LogP contribution in [0, 0.1) is 12.3 Å². The molecule has 1 heterocycles. The highest BCUT2D eigenvalue weighted by molar-refractivity contribution is 6.33. The summed E-state index contributed by atoms with van der Waals surface area (Å²) >= 11 is 6.41. The molecule has 0 fully saturated rings. The van der Waals surface area contributed by atoms with Crippen LogP contribution in [0.2, 0.25) is 5.02 Å². The average Bonchev–Trinajstić information content (AvgIpc) is 2.74. The third-order valence-electron chi connectivity index (χ3n) is 3.47. The van der Waals surface area contributed by atoms with Gasteiger partial charge in [0.25, 0.3) is 0 Å². The van der Waals surface area contributed by atoms with Gasteiger partial charge < -0.3 is 15.5 Å². The van der Waals surface area contributed by atoms with Gasteiger partial charge in [-0.25, -0.2) is 0 Å². The quantitative estimate of drug-likeness (QED) is 0.794. The van der Waals surface area contributed by atoms with Crippen molar-refractivity contribution in [2.45, 2.75) is 26.3 Å². The molecule has 2 N–H and O–H groups in total. The minimum Gasteiger partial charge on any atom is -0.359 e. The fourth-order valence-corrected chi connectivity index (χ4v) is 2.88. The molecule has 0 saturated carbocycles. The number of carbonyl (C=O) groups is 1. The predicted octanol–water partition coefficient (Wildman–Crippen LogP) is 2.79. The van der Waals surface area contributed by atoms with E-state index in [9.17, 15) is 4.79 Å². The van der Waals surface area contributed by atoms with E-state index in [1.54, 1.807) is 0 Å². The lowest BCUT2D eigenvalue weighted by atomic mass is 10.1. The molecule has 0 radical (unpaired) electrons. The van der Waals surface area contributed by atoms with Gasteiger partial charge in [0.2, 0.25) is 5.91 Å². The number of anilines is 2. The molecule has 1 aromatic rings. The first-order valence-electron chi connectivity index (χ1n) is 7.18. The zero-order chi connectivity index (χ0) is 15.4. The Morgan fingerprint density at radius 3 is 2.86 bits per heavy atom. The Morgan fingerprint density at radius 2 is 2.24 bits per heavy atom. The number of terminal acetylenes is 1. The first-order chi connectivity index (χ1) is 10.1. The van der Waals surface area contributed by atoms with Crippen LogP contribution in [-0.4, -0.2) is 25.5 Å². The second-order valence-electron chi connectivity index (χ2n) is 5.00. The smallest absolute Gasteiger partial charge is 0.246 e. The van der Waals surface area contributed by atoms with E-state index in [0.29, 0.717) is 11.6 Å². The number of rotatable bonds is 6. The molecule has 0 aliphatic carbocycles. The Labute approximate surface area is 130 Å². The summed E-state index contributed by atoms with van der Waals surface area (Å²) in [7, 11) is 0. The molecule has 1 aliphatic rings. The zero-order valence-corrected chi connectivity index (χ0v) is 13.1. The number of benzene rings is 1. The highest BCUT2D eigenvalue weighted by atomic mass is 35.5. The zero-order valence-electron chi connectivity index (χ0n) is 12.4. The number of nitrogens with zero attached hydrogens (tertiary/aromatic N) is 1. The second kappa shape index (κ2) is 6.84. The standard InChI is InChI=1S/C16H20ClN3O/c1-4-7-20(8-5-2)14-10-13-11(9-12(14)17)15(18-6-3)16(21)19-13/h1,9-10,15,18H,5-8H2,2-3H3,(H,19,21). The normalized spacial score (nSPS) is 16.3. The SMILES string of the molecule is C#CCN(CCC)c1cc2c(cc1Cl)C(NCC)C(=O)N2. The molecule has 1 aromatic carbocycles. The maximum atomic E-state index is 12.0. The summed E-state index contributed by atoms with van der Waals surface area (Å²) in [6.45, 7) is 6.10. The lowest BCUT2D eigenvalue weighted by Gasteiger charge is -2.24. The van der Waals surface area contributed by atoms with E-state index in [1.165, 1.54) is 0 Å². The van der Waals surface area contributed by atoms with E-state index in [2.05, 4.69) is 28.4 Å². The van der Waals surface area contributed by atoms with Gasteiger partial charge in [0.05, 0.1) is 17.3 Å². The summed E-state index contributed by atoms with van der Waals surface area (Å²) in [5, 5.41) is 6.68. The number of nitrogens with one attached hydrogen (secondary N) is 2. The average molecular weight is 306 g/mol. The van der Waals surface area contributed by atoms with Crippen LogP contribution in [-0.2, 0) is 4.79 Å². The minimum atomic E-state index is -0.330. The summed E-state index contributed by atoms with van der Waals surface area (Å²) < 4.78 is 0. The van der Waals surface area contributed by atoms with Crippen LogP contribution in [0.15, 0.2) is 12.1 Å². The number of hydrogen-bond donors (Lipinski definition) is 2. The Balaban J connectivity index is 2.38. The second-order valence-corrected chi connectivity index (χ2v) is 5.40. The Bertz CT molecular complexity index is 580. The number of hydrogen-bond acceptors (Lipinski definition) is 3. The molecule has 21 heavy (non-hydrogen) atoms. The predicted molar refractivity (Wildman–Crippen MR) is 87.8 cm³/mol. The molecule has 0 aromatic heterocycles. The molecule has 2 rings (SSSR count). The summed E-state index contributed by atoms with van der Waals surface area (Å²) in [5.41, 5.74) is 2.57. The molecule has 1 aliphatic heterocycles. The van der Waals surface area contributed by atoms with Gasteiger partial charge in [-0.3, -0.25) is 4.79 Å². The van der Waals surface area contributed by atoms with Gasteiger partial charge in [0.15, 0.2) is 0 Å².